The maximum absolute atomic E-state index is 12.1. The third kappa shape index (κ3) is 4.39. The van der Waals surface area contributed by atoms with Crippen LogP contribution in [0.2, 0.25) is 0 Å². The van der Waals surface area contributed by atoms with E-state index in [4.69, 9.17) is 0 Å². The molecule has 1 aliphatic heterocycles. The van der Waals surface area contributed by atoms with Gasteiger partial charge in [-0.2, -0.15) is 0 Å². The minimum atomic E-state index is -3.11. The lowest BCUT2D eigenvalue weighted by Crippen LogP contribution is -2.41. The molecule has 1 rings (SSSR count). The average molecular weight is 248 g/mol. The number of hydrogen-bond donors (Lipinski definition) is 1. The van der Waals surface area contributed by atoms with Gasteiger partial charge >= 0.3 is 0 Å². The van der Waals surface area contributed by atoms with E-state index in [2.05, 4.69) is 5.32 Å². The van der Waals surface area contributed by atoms with Gasteiger partial charge in [0.1, 0.15) is 0 Å². The Morgan fingerprint density at radius 2 is 2.00 bits per heavy atom. The summed E-state index contributed by atoms with van der Waals surface area (Å²) in [5, 5.41) is 3.22. The van der Waals surface area contributed by atoms with Crippen molar-refractivity contribution < 1.29 is 8.42 Å². The van der Waals surface area contributed by atoms with Gasteiger partial charge in [0.05, 0.1) is 5.75 Å². The van der Waals surface area contributed by atoms with E-state index >= 15 is 0 Å². The van der Waals surface area contributed by atoms with Gasteiger partial charge in [-0.3, -0.25) is 0 Å². The first kappa shape index (κ1) is 13.9. The molecule has 0 bridgehead atoms. The summed E-state index contributed by atoms with van der Waals surface area (Å²) in [6.45, 7) is 7.66. The maximum atomic E-state index is 12.1. The van der Waals surface area contributed by atoms with Crippen molar-refractivity contribution in [2.45, 2.75) is 39.7 Å². The Bertz CT molecular complexity index is 313. The number of nitrogens with one attached hydrogen (secondary N) is 1. The predicted molar refractivity (Wildman–Crippen MR) is 66.9 cm³/mol. The Morgan fingerprint density at radius 1 is 1.38 bits per heavy atom. The van der Waals surface area contributed by atoms with Crippen LogP contribution in [0.15, 0.2) is 0 Å². The van der Waals surface area contributed by atoms with Crippen LogP contribution in [0.1, 0.15) is 33.6 Å². The van der Waals surface area contributed by atoms with E-state index in [9.17, 15) is 8.42 Å². The Labute approximate surface area is 99.5 Å². The van der Waals surface area contributed by atoms with Crippen LogP contribution in [0.4, 0.5) is 0 Å². The number of hydrogen-bond acceptors (Lipinski definition) is 3. The zero-order chi connectivity index (χ0) is 12.4. The van der Waals surface area contributed by atoms with Crippen LogP contribution in [0.25, 0.3) is 0 Å². The second-order valence-corrected chi connectivity index (χ2v) is 8.01. The van der Waals surface area contributed by atoms with Crippen LogP contribution in [-0.2, 0) is 10.0 Å². The summed E-state index contributed by atoms with van der Waals surface area (Å²) in [6, 6.07) is 0.146. The zero-order valence-electron chi connectivity index (χ0n) is 10.8. The van der Waals surface area contributed by atoms with Crippen LogP contribution < -0.4 is 5.32 Å². The topological polar surface area (TPSA) is 49.4 Å². The highest BCUT2D eigenvalue weighted by Gasteiger charge is 2.27. The van der Waals surface area contributed by atoms with Crippen molar-refractivity contribution in [3.63, 3.8) is 0 Å². The van der Waals surface area contributed by atoms with Crippen LogP contribution >= 0.6 is 0 Å². The fraction of sp³-hybridized carbons (Fsp3) is 1.00. The van der Waals surface area contributed by atoms with Crippen LogP contribution in [-0.4, -0.2) is 44.7 Å². The van der Waals surface area contributed by atoms with Gasteiger partial charge in [-0.25, -0.2) is 12.7 Å². The van der Waals surface area contributed by atoms with Crippen molar-refractivity contribution in [1.82, 2.24) is 9.62 Å². The number of sulfonamides is 1. The molecule has 0 radical (unpaired) electrons. The molecule has 1 unspecified atom stereocenters. The molecule has 5 heteroatoms. The summed E-state index contributed by atoms with van der Waals surface area (Å²) in [5.41, 5.74) is 0.00489. The van der Waals surface area contributed by atoms with Crippen LogP contribution in [0.3, 0.4) is 0 Å². The molecule has 0 aliphatic carbocycles. The second kappa shape index (κ2) is 5.02. The van der Waals surface area contributed by atoms with E-state index in [1.165, 1.54) is 4.31 Å². The Balaban J connectivity index is 2.55. The van der Waals surface area contributed by atoms with Crippen LogP contribution in [0, 0.1) is 5.41 Å². The van der Waals surface area contributed by atoms with E-state index in [-0.39, 0.29) is 17.2 Å². The van der Waals surface area contributed by atoms with Crippen molar-refractivity contribution in [3.05, 3.63) is 0 Å². The molecule has 0 aromatic rings. The third-order valence-corrected chi connectivity index (χ3v) is 4.65. The van der Waals surface area contributed by atoms with Crippen molar-refractivity contribution in [2.75, 3.05) is 25.9 Å². The highest BCUT2D eigenvalue weighted by atomic mass is 32.2. The molecule has 16 heavy (non-hydrogen) atoms. The monoisotopic (exact) mass is 248 g/mol. The molecule has 1 fully saturated rings. The first-order valence-corrected chi connectivity index (χ1v) is 7.49. The molecule has 1 heterocycles. The molecule has 0 spiro atoms. The highest BCUT2D eigenvalue weighted by molar-refractivity contribution is 7.89. The lowest BCUT2D eigenvalue weighted by Gasteiger charge is -2.27. The van der Waals surface area contributed by atoms with Gasteiger partial charge in [0, 0.05) is 19.6 Å². The summed E-state index contributed by atoms with van der Waals surface area (Å²) in [4.78, 5) is 0. The molecule has 4 nitrogen and oxygen atoms in total. The van der Waals surface area contributed by atoms with Gasteiger partial charge in [0.15, 0.2) is 0 Å². The molecule has 96 valence electrons. The Kier molecular flexibility index (Phi) is 4.37. The van der Waals surface area contributed by atoms with Crippen molar-refractivity contribution in [1.29, 1.82) is 0 Å². The summed E-state index contributed by atoms with van der Waals surface area (Å²) in [7, 11) is -1.43. The third-order valence-electron chi connectivity index (χ3n) is 2.75. The molecule has 0 aromatic heterocycles. The Morgan fingerprint density at radius 3 is 2.44 bits per heavy atom. The van der Waals surface area contributed by atoms with Crippen LogP contribution in [0.5, 0.6) is 0 Å². The fourth-order valence-corrected chi connectivity index (χ4v) is 3.68. The molecular weight excluding hydrogens is 224 g/mol. The molecule has 0 amide bonds. The SMILES string of the molecule is CN(CC(C)(C)C)S(=O)(=O)CC1CCCN1. The van der Waals surface area contributed by atoms with E-state index in [1.54, 1.807) is 7.05 Å². The van der Waals surface area contributed by atoms with E-state index in [0.717, 1.165) is 19.4 Å². The summed E-state index contributed by atoms with van der Waals surface area (Å²) in [6.07, 6.45) is 2.06. The van der Waals surface area contributed by atoms with Crippen molar-refractivity contribution >= 4 is 10.0 Å². The van der Waals surface area contributed by atoms with Gasteiger partial charge in [0.25, 0.3) is 0 Å². The second-order valence-electron chi connectivity index (χ2n) is 5.89. The van der Waals surface area contributed by atoms with Gasteiger partial charge in [-0.1, -0.05) is 20.8 Å². The molecule has 1 N–H and O–H groups in total. The number of nitrogens with zero attached hydrogens (tertiary/aromatic N) is 1. The predicted octanol–water partition coefficient (Wildman–Crippen LogP) is 1.05. The first-order valence-electron chi connectivity index (χ1n) is 5.88. The first-order chi connectivity index (χ1) is 7.21. The Hall–Kier alpha value is -0.130. The van der Waals surface area contributed by atoms with E-state index in [1.807, 2.05) is 20.8 Å². The smallest absolute Gasteiger partial charge is 0.215 e. The molecule has 1 saturated heterocycles. The number of rotatable bonds is 4. The molecular formula is C11H24N2O2S. The van der Waals surface area contributed by atoms with Gasteiger partial charge in [0.2, 0.25) is 10.0 Å². The minimum absolute atomic E-state index is 0.00489. The quantitative estimate of drug-likeness (QED) is 0.809. The van der Waals surface area contributed by atoms with E-state index < -0.39 is 10.0 Å². The maximum Gasteiger partial charge on any atom is 0.215 e. The average Bonchev–Trinajstić information content (AvgIpc) is 2.52. The molecule has 1 aliphatic rings. The van der Waals surface area contributed by atoms with Gasteiger partial charge < -0.3 is 5.32 Å². The molecule has 0 aromatic carbocycles. The lowest BCUT2D eigenvalue weighted by atomic mass is 9.97. The standard InChI is InChI=1S/C11H24N2O2S/c1-11(2,3)9-13(4)16(14,15)8-10-6-5-7-12-10/h10,12H,5-9H2,1-4H3. The van der Waals surface area contributed by atoms with Gasteiger partial charge in [-0.05, 0) is 24.8 Å². The molecule has 0 saturated carbocycles. The molecule has 1 atom stereocenters. The van der Waals surface area contributed by atoms with Crippen molar-refractivity contribution in [3.8, 4) is 0 Å². The summed E-state index contributed by atoms with van der Waals surface area (Å²) >= 11 is 0. The summed E-state index contributed by atoms with van der Waals surface area (Å²) < 4.78 is 25.6. The normalized spacial score (nSPS) is 22.9. The highest BCUT2D eigenvalue weighted by Crippen LogP contribution is 2.17. The zero-order valence-corrected chi connectivity index (χ0v) is 11.6. The lowest BCUT2D eigenvalue weighted by molar-refractivity contribution is 0.310. The van der Waals surface area contributed by atoms with E-state index in [0.29, 0.717) is 6.54 Å². The minimum Gasteiger partial charge on any atom is -0.313 e. The fourth-order valence-electron chi connectivity index (χ4n) is 2.05. The largest absolute Gasteiger partial charge is 0.313 e. The van der Waals surface area contributed by atoms with Crippen molar-refractivity contribution in [2.24, 2.45) is 5.41 Å². The summed E-state index contributed by atoms with van der Waals surface area (Å²) in [5.74, 6) is 0.236. The van der Waals surface area contributed by atoms with Gasteiger partial charge in [-0.15, -0.1) is 0 Å².